The fourth-order valence-corrected chi connectivity index (χ4v) is 3.71. The van der Waals surface area contributed by atoms with Crippen LogP contribution in [0.4, 0.5) is 0 Å². The molecule has 0 spiro atoms. The highest BCUT2D eigenvalue weighted by atomic mass is 35.5. The molecule has 1 unspecified atom stereocenters. The number of fused-ring (bicyclic) bond motifs is 1. The van der Waals surface area contributed by atoms with Crippen molar-refractivity contribution in [2.24, 2.45) is 0 Å². The van der Waals surface area contributed by atoms with E-state index in [4.69, 9.17) is 44.3 Å². The van der Waals surface area contributed by atoms with Crippen molar-refractivity contribution >= 4 is 52.6 Å². The van der Waals surface area contributed by atoms with E-state index in [0.29, 0.717) is 38.0 Å². The summed E-state index contributed by atoms with van der Waals surface area (Å²) in [7, 11) is 0. The first-order valence-corrected chi connectivity index (χ1v) is 10.5. The molecule has 156 valence electrons. The van der Waals surface area contributed by atoms with E-state index in [-0.39, 0.29) is 17.3 Å². The van der Waals surface area contributed by atoms with Crippen LogP contribution in [0.5, 0.6) is 11.5 Å². The van der Waals surface area contributed by atoms with Gasteiger partial charge in [-0.2, -0.15) is 0 Å². The molecule has 0 fully saturated rings. The summed E-state index contributed by atoms with van der Waals surface area (Å²) in [6, 6.07) is 17.0. The summed E-state index contributed by atoms with van der Waals surface area (Å²) < 4.78 is 11.2. The fraction of sp³-hybridized carbons (Fsp3) is 0.0833. The zero-order valence-corrected chi connectivity index (χ0v) is 18.5. The summed E-state index contributed by atoms with van der Waals surface area (Å²) in [5.74, 6) is -0.199. The molecule has 4 nitrogen and oxygen atoms in total. The highest BCUT2D eigenvalue weighted by Crippen LogP contribution is 2.38. The first-order chi connectivity index (χ1) is 14.8. The number of ether oxygens (including phenoxy) is 2. The first-order valence-electron chi connectivity index (χ1n) is 9.28. The van der Waals surface area contributed by atoms with Crippen LogP contribution in [0.1, 0.15) is 32.4 Å². The minimum atomic E-state index is -0.956. The normalized spacial score (nSPS) is 14.8. The average Bonchev–Trinajstić information content (AvgIpc) is 3.06. The lowest BCUT2D eigenvalue weighted by Gasteiger charge is -2.11. The number of carbonyl (C=O) groups excluding carboxylic acids is 2. The first kappa shape index (κ1) is 21.4. The third-order valence-electron chi connectivity index (χ3n) is 4.70. The third kappa shape index (κ3) is 4.47. The zero-order valence-electron chi connectivity index (χ0n) is 16.2. The summed E-state index contributed by atoms with van der Waals surface area (Å²) >= 11 is 18.2. The predicted molar refractivity (Wildman–Crippen MR) is 121 cm³/mol. The Morgan fingerprint density at radius 2 is 1.77 bits per heavy atom. The number of esters is 1. The van der Waals surface area contributed by atoms with Crippen LogP contribution in [0.15, 0.2) is 66.4 Å². The molecule has 0 bridgehead atoms. The molecule has 0 saturated carbocycles. The van der Waals surface area contributed by atoms with Crippen LogP contribution in [-0.2, 0) is 4.79 Å². The summed E-state index contributed by atoms with van der Waals surface area (Å²) in [6.45, 7) is 1.74. The van der Waals surface area contributed by atoms with E-state index in [9.17, 15) is 9.59 Å². The Kier molecular flexibility index (Phi) is 6.05. The molecule has 0 radical (unpaired) electrons. The van der Waals surface area contributed by atoms with Gasteiger partial charge in [-0.1, -0.05) is 59.6 Å². The number of alkyl halides is 1. The molecule has 3 aromatic carbocycles. The number of hydrogen-bond donors (Lipinski definition) is 0. The SMILES string of the molecule is Cc1cc(OC(=O)C(Cl)c2ccccc2)cc2c1C(=O)/C(=C/c1ccc(Cl)c(Cl)c1)O2. The molecule has 0 aromatic heterocycles. The fourth-order valence-electron chi connectivity index (χ4n) is 3.22. The van der Waals surface area contributed by atoms with Gasteiger partial charge in [0.05, 0.1) is 15.6 Å². The van der Waals surface area contributed by atoms with Crippen molar-refractivity contribution in [3.05, 3.63) is 98.7 Å². The van der Waals surface area contributed by atoms with Crippen LogP contribution in [-0.4, -0.2) is 11.8 Å². The van der Waals surface area contributed by atoms with Crippen molar-refractivity contribution in [1.82, 2.24) is 0 Å². The van der Waals surface area contributed by atoms with Gasteiger partial charge in [0.1, 0.15) is 11.5 Å². The van der Waals surface area contributed by atoms with E-state index in [1.807, 2.05) is 6.07 Å². The molecule has 0 saturated heterocycles. The van der Waals surface area contributed by atoms with E-state index in [2.05, 4.69) is 0 Å². The Morgan fingerprint density at radius 1 is 1.03 bits per heavy atom. The monoisotopic (exact) mass is 472 g/mol. The van der Waals surface area contributed by atoms with E-state index in [0.717, 1.165) is 0 Å². The second-order valence-electron chi connectivity index (χ2n) is 6.92. The molecule has 7 heteroatoms. The molecule has 1 atom stereocenters. The van der Waals surface area contributed by atoms with Crippen molar-refractivity contribution in [1.29, 1.82) is 0 Å². The number of hydrogen-bond acceptors (Lipinski definition) is 4. The average molecular weight is 474 g/mol. The minimum Gasteiger partial charge on any atom is -0.452 e. The highest BCUT2D eigenvalue weighted by Gasteiger charge is 2.31. The number of rotatable bonds is 4. The van der Waals surface area contributed by atoms with Crippen LogP contribution >= 0.6 is 34.8 Å². The standard InChI is InChI=1S/C24H15Cl3O4/c1-13-9-16(30-24(29)22(27)15-5-3-2-4-6-15)12-19-21(13)23(28)20(31-19)11-14-7-8-17(25)18(26)10-14/h2-12,22H,1H3/b20-11-. The molecule has 1 aliphatic heterocycles. The molecular formula is C24H15Cl3O4. The maximum atomic E-state index is 12.8. The largest absolute Gasteiger partial charge is 0.452 e. The minimum absolute atomic E-state index is 0.138. The van der Waals surface area contributed by atoms with Gasteiger partial charge in [0, 0.05) is 6.07 Å². The molecular weight excluding hydrogens is 459 g/mol. The molecule has 3 aromatic rings. The number of Topliss-reactive ketones (excluding diaryl/α,β-unsaturated/α-hetero) is 1. The van der Waals surface area contributed by atoms with Gasteiger partial charge in [0.25, 0.3) is 0 Å². The zero-order chi connectivity index (χ0) is 22.1. The number of ketones is 1. The van der Waals surface area contributed by atoms with Crippen LogP contribution in [0.25, 0.3) is 6.08 Å². The second kappa shape index (κ2) is 8.75. The van der Waals surface area contributed by atoms with Crippen molar-refractivity contribution in [3.63, 3.8) is 0 Å². The molecule has 4 rings (SSSR count). The molecule has 31 heavy (non-hydrogen) atoms. The van der Waals surface area contributed by atoms with E-state index in [1.165, 1.54) is 6.07 Å². The van der Waals surface area contributed by atoms with Crippen molar-refractivity contribution in [3.8, 4) is 11.5 Å². The third-order valence-corrected chi connectivity index (χ3v) is 5.87. The lowest BCUT2D eigenvalue weighted by Crippen LogP contribution is -2.14. The van der Waals surface area contributed by atoms with Crippen LogP contribution in [0.3, 0.4) is 0 Å². The topological polar surface area (TPSA) is 52.6 Å². The van der Waals surface area contributed by atoms with Gasteiger partial charge in [-0.15, -0.1) is 11.6 Å². The van der Waals surface area contributed by atoms with Crippen molar-refractivity contribution in [2.45, 2.75) is 12.3 Å². The quantitative estimate of drug-likeness (QED) is 0.181. The summed E-state index contributed by atoms with van der Waals surface area (Å²) in [6.07, 6.45) is 1.58. The number of aryl methyl sites for hydroxylation is 1. The summed E-state index contributed by atoms with van der Waals surface area (Å²) in [4.78, 5) is 25.3. The maximum absolute atomic E-state index is 12.8. The lowest BCUT2D eigenvalue weighted by molar-refractivity contribution is -0.134. The Morgan fingerprint density at radius 3 is 2.48 bits per heavy atom. The number of halogens is 3. The van der Waals surface area contributed by atoms with Crippen LogP contribution < -0.4 is 9.47 Å². The van der Waals surface area contributed by atoms with Gasteiger partial charge < -0.3 is 9.47 Å². The van der Waals surface area contributed by atoms with E-state index in [1.54, 1.807) is 61.5 Å². The van der Waals surface area contributed by atoms with Gasteiger partial charge in [-0.25, -0.2) is 4.79 Å². The van der Waals surface area contributed by atoms with Crippen LogP contribution in [0, 0.1) is 6.92 Å². The van der Waals surface area contributed by atoms with Crippen LogP contribution in [0.2, 0.25) is 10.0 Å². The number of benzene rings is 3. The predicted octanol–water partition coefficient (Wildman–Crippen LogP) is 6.80. The Balaban J connectivity index is 1.58. The number of carbonyl (C=O) groups is 2. The molecule has 1 aliphatic rings. The summed E-state index contributed by atoms with van der Waals surface area (Å²) in [5.41, 5.74) is 2.33. The Labute approximate surface area is 193 Å². The molecule has 0 N–H and O–H groups in total. The van der Waals surface area contributed by atoms with Gasteiger partial charge in [-0.05, 0) is 47.9 Å². The van der Waals surface area contributed by atoms with E-state index < -0.39 is 11.3 Å². The van der Waals surface area contributed by atoms with Crippen molar-refractivity contribution in [2.75, 3.05) is 0 Å². The van der Waals surface area contributed by atoms with Crippen molar-refractivity contribution < 1.29 is 19.1 Å². The molecule has 1 heterocycles. The second-order valence-corrected chi connectivity index (χ2v) is 8.17. The molecule has 0 aliphatic carbocycles. The smallest absolute Gasteiger partial charge is 0.334 e. The van der Waals surface area contributed by atoms with Gasteiger partial charge in [0.15, 0.2) is 11.1 Å². The Hall–Kier alpha value is -2.79. The Bertz CT molecular complexity index is 1220. The highest BCUT2D eigenvalue weighted by molar-refractivity contribution is 6.42. The van der Waals surface area contributed by atoms with Gasteiger partial charge >= 0.3 is 5.97 Å². The number of allylic oxidation sites excluding steroid dienone is 1. The lowest BCUT2D eigenvalue weighted by atomic mass is 10.0. The molecule has 0 amide bonds. The van der Waals surface area contributed by atoms with Gasteiger partial charge in [-0.3, -0.25) is 4.79 Å². The summed E-state index contributed by atoms with van der Waals surface area (Å²) in [5, 5.41) is -0.165. The van der Waals surface area contributed by atoms with E-state index >= 15 is 0 Å². The maximum Gasteiger partial charge on any atom is 0.334 e. The van der Waals surface area contributed by atoms with Gasteiger partial charge in [0.2, 0.25) is 5.78 Å².